The molecule has 1 aromatic heterocycles. The second-order valence-electron chi connectivity index (χ2n) is 5.46. The molecule has 0 radical (unpaired) electrons. The van der Waals surface area contributed by atoms with Crippen LogP contribution in [0.25, 0.3) is 0 Å². The molecule has 5 nitrogen and oxygen atoms in total. The molecule has 0 aliphatic carbocycles. The number of rotatable bonds is 3. The molecule has 1 unspecified atom stereocenters. The maximum Gasteiger partial charge on any atom is 0.317 e. The average Bonchev–Trinajstić information content (AvgIpc) is 3.15. The molecular weight excluding hydrogens is 304 g/mol. The van der Waals surface area contributed by atoms with Crippen LogP contribution in [-0.2, 0) is 0 Å². The number of thiazole rings is 1. The van der Waals surface area contributed by atoms with Gasteiger partial charge in [0.25, 0.3) is 0 Å². The second kappa shape index (κ2) is 7.35. The Morgan fingerprint density at radius 2 is 2.29 bits per heavy atom. The van der Waals surface area contributed by atoms with Gasteiger partial charge in [0.05, 0.1) is 0 Å². The first kappa shape index (κ1) is 15.0. The van der Waals surface area contributed by atoms with E-state index in [9.17, 15) is 4.79 Å². The van der Waals surface area contributed by atoms with Gasteiger partial charge in [0.1, 0.15) is 0 Å². The molecule has 3 rings (SSSR count). The van der Waals surface area contributed by atoms with Crippen molar-refractivity contribution >= 4 is 34.3 Å². The third kappa shape index (κ3) is 4.03. The van der Waals surface area contributed by atoms with E-state index in [2.05, 4.69) is 15.2 Å². The molecule has 1 atom stereocenters. The van der Waals surface area contributed by atoms with Crippen molar-refractivity contribution in [3.8, 4) is 0 Å². The van der Waals surface area contributed by atoms with E-state index in [-0.39, 0.29) is 6.03 Å². The Balaban J connectivity index is 1.46. The number of thioether (sulfide) groups is 1. The number of nitrogens with one attached hydrogen (secondary N) is 1. The van der Waals surface area contributed by atoms with Crippen LogP contribution in [0, 0.1) is 0 Å². The number of nitrogens with zero attached hydrogens (tertiary/aromatic N) is 3. The molecule has 0 spiro atoms. The monoisotopic (exact) mass is 326 g/mol. The lowest BCUT2D eigenvalue weighted by Crippen LogP contribution is -2.43. The lowest BCUT2D eigenvalue weighted by molar-refractivity contribution is 0.201. The van der Waals surface area contributed by atoms with Gasteiger partial charge in [0.15, 0.2) is 5.13 Å². The van der Waals surface area contributed by atoms with Gasteiger partial charge in [0, 0.05) is 49.6 Å². The first-order valence-electron chi connectivity index (χ1n) is 7.62. The summed E-state index contributed by atoms with van der Waals surface area (Å²) in [5, 5.41) is 6.80. The molecule has 21 heavy (non-hydrogen) atoms. The Kier molecular flexibility index (Phi) is 5.24. The van der Waals surface area contributed by atoms with Crippen molar-refractivity contribution in [3.05, 3.63) is 11.6 Å². The summed E-state index contributed by atoms with van der Waals surface area (Å²) in [6.45, 7) is 4.29. The van der Waals surface area contributed by atoms with Gasteiger partial charge in [-0.3, -0.25) is 0 Å². The number of amides is 2. The number of carbonyl (C=O) groups is 1. The van der Waals surface area contributed by atoms with E-state index in [0.717, 1.165) is 44.3 Å². The van der Waals surface area contributed by atoms with Crippen LogP contribution >= 0.6 is 23.1 Å². The molecular formula is C14H22N4OS2. The number of hydrogen-bond donors (Lipinski definition) is 1. The number of hydrogen-bond acceptors (Lipinski definition) is 5. The lowest BCUT2D eigenvalue weighted by Gasteiger charge is -2.22. The highest BCUT2D eigenvalue weighted by Gasteiger charge is 2.22. The van der Waals surface area contributed by atoms with Gasteiger partial charge in [-0.2, -0.15) is 11.8 Å². The molecule has 2 aliphatic rings. The van der Waals surface area contributed by atoms with Crippen molar-refractivity contribution in [1.29, 1.82) is 0 Å². The summed E-state index contributed by atoms with van der Waals surface area (Å²) in [4.78, 5) is 20.9. The zero-order valence-electron chi connectivity index (χ0n) is 12.2. The van der Waals surface area contributed by atoms with E-state index in [0.29, 0.717) is 5.25 Å². The van der Waals surface area contributed by atoms with Crippen LogP contribution in [-0.4, -0.2) is 59.6 Å². The first-order chi connectivity index (χ1) is 10.3. The van der Waals surface area contributed by atoms with Gasteiger partial charge in [-0.15, -0.1) is 11.3 Å². The first-order valence-corrected chi connectivity index (χ1v) is 9.54. The van der Waals surface area contributed by atoms with Crippen molar-refractivity contribution in [3.63, 3.8) is 0 Å². The largest absolute Gasteiger partial charge is 0.346 e. The van der Waals surface area contributed by atoms with Gasteiger partial charge in [0.2, 0.25) is 0 Å². The Hall–Kier alpha value is -0.950. The van der Waals surface area contributed by atoms with E-state index in [1.807, 2.05) is 28.2 Å². The SMILES string of the molecule is O=C(NCC1CCCS1)N1CCCN(c2nccs2)CC1. The standard InChI is InChI=1S/C14H22N4OS2/c19-13(16-11-12-3-1-9-20-12)17-5-2-6-18(8-7-17)14-15-4-10-21-14/h4,10,12H,1-3,5-9,11H2,(H,16,19). The lowest BCUT2D eigenvalue weighted by atomic mass is 10.2. The van der Waals surface area contributed by atoms with Crippen molar-refractivity contribution in [2.75, 3.05) is 43.4 Å². The van der Waals surface area contributed by atoms with Gasteiger partial charge in [-0.25, -0.2) is 9.78 Å². The van der Waals surface area contributed by atoms with Gasteiger partial charge >= 0.3 is 6.03 Å². The smallest absolute Gasteiger partial charge is 0.317 e. The highest BCUT2D eigenvalue weighted by molar-refractivity contribution is 8.00. The summed E-state index contributed by atoms with van der Waals surface area (Å²) in [5.41, 5.74) is 0. The average molecular weight is 326 g/mol. The Morgan fingerprint density at radius 3 is 3.05 bits per heavy atom. The summed E-state index contributed by atoms with van der Waals surface area (Å²) >= 11 is 3.65. The second-order valence-corrected chi connectivity index (χ2v) is 7.74. The third-order valence-electron chi connectivity index (χ3n) is 3.98. The fourth-order valence-electron chi connectivity index (χ4n) is 2.80. The Morgan fingerprint density at radius 1 is 1.33 bits per heavy atom. The fourth-order valence-corrected chi connectivity index (χ4v) is 4.70. The molecule has 2 aliphatic heterocycles. The number of urea groups is 1. The predicted molar refractivity (Wildman–Crippen MR) is 89.4 cm³/mol. The van der Waals surface area contributed by atoms with Crippen LogP contribution in [0.2, 0.25) is 0 Å². The Labute approximate surface area is 134 Å². The molecule has 2 fully saturated rings. The fraction of sp³-hybridized carbons (Fsp3) is 0.714. The zero-order valence-corrected chi connectivity index (χ0v) is 13.8. The molecule has 2 amide bonds. The van der Waals surface area contributed by atoms with Crippen LogP contribution in [0.4, 0.5) is 9.93 Å². The van der Waals surface area contributed by atoms with Crippen LogP contribution in [0.15, 0.2) is 11.6 Å². The highest BCUT2D eigenvalue weighted by Crippen LogP contribution is 2.25. The number of aromatic nitrogens is 1. The Bertz CT molecular complexity index is 448. The molecule has 7 heteroatoms. The molecule has 0 saturated carbocycles. The minimum Gasteiger partial charge on any atom is -0.346 e. The van der Waals surface area contributed by atoms with E-state index in [1.54, 1.807) is 11.3 Å². The summed E-state index contributed by atoms with van der Waals surface area (Å²) in [5.74, 6) is 1.24. The van der Waals surface area contributed by atoms with E-state index >= 15 is 0 Å². The van der Waals surface area contributed by atoms with Gasteiger partial charge in [-0.1, -0.05) is 0 Å². The summed E-state index contributed by atoms with van der Waals surface area (Å²) in [6, 6.07) is 0.100. The normalized spacial score (nSPS) is 23.1. The van der Waals surface area contributed by atoms with Gasteiger partial charge < -0.3 is 15.1 Å². The van der Waals surface area contributed by atoms with Crippen molar-refractivity contribution < 1.29 is 4.79 Å². The van der Waals surface area contributed by atoms with Crippen LogP contribution < -0.4 is 10.2 Å². The van der Waals surface area contributed by atoms with Crippen molar-refractivity contribution in [2.45, 2.75) is 24.5 Å². The molecule has 3 heterocycles. The quantitative estimate of drug-likeness (QED) is 0.926. The summed E-state index contributed by atoms with van der Waals surface area (Å²) < 4.78 is 0. The van der Waals surface area contributed by atoms with Crippen molar-refractivity contribution in [1.82, 2.24) is 15.2 Å². The number of anilines is 1. The van der Waals surface area contributed by atoms with E-state index in [4.69, 9.17) is 0 Å². The summed E-state index contributed by atoms with van der Waals surface area (Å²) in [7, 11) is 0. The summed E-state index contributed by atoms with van der Waals surface area (Å²) in [6.07, 6.45) is 5.38. The molecule has 1 N–H and O–H groups in total. The van der Waals surface area contributed by atoms with Gasteiger partial charge in [-0.05, 0) is 25.0 Å². The topological polar surface area (TPSA) is 48.5 Å². The molecule has 1 aromatic rings. The van der Waals surface area contributed by atoms with Crippen molar-refractivity contribution in [2.24, 2.45) is 0 Å². The minimum absolute atomic E-state index is 0.100. The molecule has 0 bridgehead atoms. The van der Waals surface area contributed by atoms with Crippen LogP contribution in [0.5, 0.6) is 0 Å². The highest BCUT2D eigenvalue weighted by atomic mass is 32.2. The van der Waals surface area contributed by atoms with Crippen LogP contribution in [0.1, 0.15) is 19.3 Å². The maximum absolute atomic E-state index is 12.3. The zero-order chi connectivity index (χ0) is 14.5. The number of carbonyl (C=O) groups excluding carboxylic acids is 1. The van der Waals surface area contributed by atoms with E-state index < -0.39 is 0 Å². The molecule has 0 aromatic carbocycles. The molecule has 116 valence electrons. The molecule has 2 saturated heterocycles. The van der Waals surface area contributed by atoms with Crippen LogP contribution in [0.3, 0.4) is 0 Å². The predicted octanol–water partition coefficient (Wildman–Crippen LogP) is 2.26. The van der Waals surface area contributed by atoms with E-state index in [1.165, 1.54) is 18.6 Å². The minimum atomic E-state index is 0.100. The maximum atomic E-state index is 12.3. The third-order valence-corrected chi connectivity index (χ3v) is 6.21.